The SMILES string of the molecule is CSCCC(N)C(=O)NC(C)C(=O)NC(CS)C(=O)NC(CCC(N)=O)C(=O)O. The van der Waals surface area contributed by atoms with Crippen molar-refractivity contribution in [2.75, 3.05) is 17.8 Å². The third-order valence-electron chi connectivity index (χ3n) is 3.83. The fourth-order valence-corrected chi connectivity index (χ4v) is 2.82. The fourth-order valence-electron chi connectivity index (χ4n) is 2.07. The smallest absolute Gasteiger partial charge is 0.326 e. The van der Waals surface area contributed by atoms with E-state index in [4.69, 9.17) is 16.6 Å². The lowest BCUT2D eigenvalue weighted by atomic mass is 10.1. The average Bonchev–Trinajstić information content (AvgIpc) is 2.66. The number of carboxylic acids is 1. The Labute approximate surface area is 178 Å². The molecule has 0 aromatic rings. The molecule has 0 aliphatic rings. The highest BCUT2D eigenvalue weighted by atomic mass is 32.2. The molecule has 11 nitrogen and oxygen atoms in total. The maximum absolute atomic E-state index is 12.3. The van der Waals surface area contributed by atoms with Crippen molar-refractivity contribution in [3.05, 3.63) is 0 Å². The van der Waals surface area contributed by atoms with Crippen molar-refractivity contribution in [3.63, 3.8) is 0 Å². The van der Waals surface area contributed by atoms with Crippen LogP contribution in [0.2, 0.25) is 0 Å². The molecule has 4 unspecified atom stereocenters. The lowest BCUT2D eigenvalue weighted by molar-refractivity contribution is -0.142. The van der Waals surface area contributed by atoms with Crippen molar-refractivity contribution in [2.24, 2.45) is 11.5 Å². The molecule has 8 N–H and O–H groups in total. The van der Waals surface area contributed by atoms with Crippen LogP contribution < -0.4 is 27.4 Å². The predicted octanol–water partition coefficient (Wildman–Crippen LogP) is -2.18. The Hall–Kier alpha value is -1.99. The third kappa shape index (κ3) is 10.9. The third-order valence-corrected chi connectivity index (χ3v) is 4.84. The van der Waals surface area contributed by atoms with Gasteiger partial charge in [-0.25, -0.2) is 4.79 Å². The Morgan fingerprint density at radius 1 is 1.00 bits per heavy atom. The molecule has 4 amide bonds. The summed E-state index contributed by atoms with van der Waals surface area (Å²) in [6.45, 7) is 1.43. The van der Waals surface area contributed by atoms with Crippen LogP contribution in [0.5, 0.6) is 0 Å². The number of primary amides is 1. The molecule has 0 aromatic heterocycles. The minimum Gasteiger partial charge on any atom is -0.480 e. The Bertz CT molecular complexity index is 606. The zero-order valence-corrected chi connectivity index (χ0v) is 18.1. The number of amides is 4. The van der Waals surface area contributed by atoms with E-state index in [1.54, 1.807) is 0 Å². The maximum atomic E-state index is 12.3. The molecule has 0 aliphatic carbocycles. The van der Waals surface area contributed by atoms with Gasteiger partial charge in [-0.3, -0.25) is 19.2 Å². The van der Waals surface area contributed by atoms with Gasteiger partial charge in [-0.15, -0.1) is 0 Å². The van der Waals surface area contributed by atoms with E-state index in [0.717, 1.165) is 0 Å². The van der Waals surface area contributed by atoms with Gasteiger partial charge in [0.05, 0.1) is 6.04 Å². The first kappa shape index (κ1) is 27.0. The Morgan fingerprint density at radius 2 is 1.59 bits per heavy atom. The van der Waals surface area contributed by atoms with Gasteiger partial charge in [-0.1, -0.05) is 0 Å². The normalized spacial score (nSPS) is 14.8. The van der Waals surface area contributed by atoms with Crippen LogP contribution in [-0.4, -0.2) is 76.6 Å². The number of hydrogen-bond donors (Lipinski definition) is 7. The Kier molecular flexibility index (Phi) is 13.1. The van der Waals surface area contributed by atoms with Gasteiger partial charge in [-0.05, 0) is 31.8 Å². The van der Waals surface area contributed by atoms with Crippen molar-refractivity contribution in [2.45, 2.75) is 50.4 Å². The van der Waals surface area contributed by atoms with Crippen LogP contribution in [0, 0.1) is 0 Å². The molecular formula is C16H29N5O6S2. The Morgan fingerprint density at radius 3 is 2.07 bits per heavy atom. The van der Waals surface area contributed by atoms with E-state index in [0.29, 0.717) is 12.2 Å². The fraction of sp³-hybridized carbons (Fsp3) is 0.688. The molecule has 0 spiro atoms. The first-order valence-corrected chi connectivity index (χ1v) is 10.8. The number of carboxylic acid groups (broad SMARTS) is 1. The van der Waals surface area contributed by atoms with Crippen LogP contribution in [0.3, 0.4) is 0 Å². The molecule has 29 heavy (non-hydrogen) atoms. The molecule has 0 radical (unpaired) electrons. The Balaban J connectivity index is 4.78. The van der Waals surface area contributed by atoms with Gasteiger partial charge >= 0.3 is 5.97 Å². The van der Waals surface area contributed by atoms with Gasteiger partial charge in [0.25, 0.3) is 0 Å². The first-order chi connectivity index (χ1) is 13.5. The highest BCUT2D eigenvalue weighted by Crippen LogP contribution is 2.01. The topological polar surface area (TPSA) is 194 Å². The van der Waals surface area contributed by atoms with E-state index in [9.17, 15) is 24.0 Å². The molecule has 0 heterocycles. The summed E-state index contributed by atoms with van der Waals surface area (Å²) >= 11 is 5.53. The predicted molar refractivity (Wildman–Crippen MR) is 112 cm³/mol. The summed E-state index contributed by atoms with van der Waals surface area (Å²) in [5, 5.41) is 16.2. The number of thioether (sulfide) groups is 1. The molecule has 0 aromatic carbocycles. The van der Waals surface area contributed by atoms with Crippen molar-refractivity contribution < 1.29 is 29.1 Å². The molecular weight excluding hydrogens is 422 g/mol. The molecule has 0 saturated heterocycles. The van der Waals surface area contributed by atoms with Crippen LogP contribution in [0.1, 0.15) is 26.2 Å². The number of carbonyl (C=O) groups excluding carboxylic acids is 4. The molecule has 0 fully saturated rings. The van der Waals surface area contributed by atoms with Crippen molar-refractivity contribution >= 4 is 54.0 Å². The number of nitrogens with one attached hydrogen (secondary N) is 3. The van der Waals surface area contributed by atoms with Gasteiger partial charge in [-0.2, -0.15) is 24.4 Å². The summed E-state index contributed by atoms with van der Waals surface area (Å²) in [7, 11) is 0. The highest BCUT2D eigenvalue weighted by molar-refractivity contribution is 7.98. The van der Waals surface area contributed by atoms with E-state index in [1.807, 2.05) is 6.26 Å². The van der Waals surface area contributed by atoms with Crippen LogP contribution in [-0.2, 0) is 24.0 Å². The summed E-state index contributed by atoms with van der Waals surface area (Å²) in [5.74, 6) is -3.42. The van der Waals surface area contributed by atoms with E-state index in [2.05, 4.69) is 28.6 Å². The molecule has 166 valence electrons. The maximum Gasteiger partial charge on any atom is 0.326 e. The number of rotatable bonds is 14. The summed E-state index contributed by atoms with van der Waals surface area (Å²) in [5.41, 5.74) is 10.7. The first-order valence-electron chi connectivity index (χ1n) is 8.81. The molecule has 13 heteroatoms. The number of carbonyl (C=O) groups is 5. The van der Waals surface area contributed by atoms with Crippen LogP contribution in [0.4, 0.5) is 0 Å². The van der Waals surface area contributed by atoms with Crippen molar-refractivity contribution in [1.29, 1.82) is 0 Å². The second-order valence-electron chi connectivity index (χ2n) is 6.27. The summed E-state index contributed by atoms with van der Waals surface area (Å²) in [6.07, 6.45) is 1.91. The minimum absolute atomic E-state index is 0.117. The molecule has 0 bridgehead atoms. The average molecular weight is 452 g/mol. The van der Waals surface area contributed by atoms with E-state index in [1.165, 1.54) is 18.7 Å². The van der Waals surface area contributed by atoms with Gasteiger partial charge in [0, 0.05) is 12.2 Å². The number of aliphatic carboxylic acids is 1. The quantitative estimate of drug-likeness (QED) is 0.145. The van der Waals surface area contributed by atoms with Crippen molar-refractivity contribution in [3.8, 4) is 0 Å². The van der Waals surface area contributed by atoms with E-state index >= 15 is 0 Å². The largest absolute Gasteiger partial charge is 0.480 e. The molecule has 0 rings (SSSR count). The van der Waals surface area contributed by atoms with Gasteiger partial charge < -0.3 is 32.5 Å². The molecule has 0 aliphatic heterocycles. The standard InChI is InChI=1S/C16H29N5O6S2/c1-8(19-14(24)9(17)5-6-29-2)13(23)21-11(7-28)15(25)20-10(16(26)27)3-4-12(18)22/h8-11,28H,3-7,17H2,1-2H3,(H2,18,22)(H,19,24)(H,20,25)(H,21,23)(H,26,27). The molecule has 0 saturated carbocycles. The second-order valence-corrected chi connectivity index (χ2v) is 7.62. The lowest BCUT2D eigenvalue weighted by Gasteiger charge is -2.22. The van der Waals surface area contributed by atoms with E-state index in [-0.39, 0.29) is 18.6 Å². The summed E-state index contributed by atoms with van der Waals surface area (Å²) in [6, 6.07) is -4.22. The zero-order valence-electron chi connectivity index (χ0n) is 16.3. The zero-order chi connectivity index (χ0) is 22.6. The molecule has 4 atom stereocenters. The van der Waals surface area contributed by atoms with Gasteiger partial charge in [0.2, 0.25) is 23.6 Å². The minimum atomic E-state index is -1.35. The van der Waals surface area contributed by atoms with Crippen LogP contribution >= 0.6 is 24.4 Å². The van der Waals surface area contributed by atoms with Crippen LogP contribution in [0.15, 0.2) is 0 Å². The van der Waals surface area contributed by atoms with E-state index < -0.39 is 53.8 Å². The van der Waals surface area contributed by atoms with Crippen LogP contribution in [0.25, 0.3) is 0 Å². The lowest BCUT2D eigenvalue weighted by Crippen LogP contribution is -2.57. The van der Waals surface area contributed by atoms with Gasteiger partial charge in [0.15, 0.2) is 0 Å². The van der Waals surface area contributed by atoms with Gasteiger partial charge in [0.1, 0.15) is 18.1 Å². The number of hydrogen-bond acceptors (Lipinski definition) is 8. The number of thiol groups is 1. The monoisotopic (exact) mass is 451 g/mol. The summed E-state index contributed by atoms with van der Waals surface area (Å²) < 4.78 is 0. The number of nitrogens with two attached hydrogens (primary N) is 2. The van der Waals surface area contributed by atoms with Crippen molar-refractivity contribution in [1.82, 2.24) is 16.0 Å². The highest BCUT2D eigenvalue weighted by Gasteiger charge is 2.28. The summed E-state index contributed by atoms with van der Waals surface area (Å²) in [4.78, 5) is 58.6. The second kappa shape index (κ2) is 14.1.